The van der Waals surface area contributed by atoms with Crippen LogP contribution in [0.1, 0.15) is 16.5 Å². The maximum absolute atomic E-state index is 12.9. The average Bonchev–Trinajstić information content (AvgIpc) is 3.07. The fourth-order valence-electron chi connectivity index (χ4n) is 3.35. The first-order valence-electron chi connectivity index (χ1n) is 8.04. The quantitative estimate of drug-likeness (QED) is 0.864. The van der Waals surface area contributed by atoms with Gasteiger partial charge >= 0.3 is 0 Å². The van der Waals surface area contributed by atoms with Crippen molar-refractivity contribution in [3.05, 3.63) is 71.8 Å². The minimum absolute atomic E-state index is 0.0365. The van der Waals surface area contributed by atoms with Gasteiger partial charge in [-0.25, -0.2) is 0 Å². The highest BCUT2D eigenvalue weighted by atomic mass is 32.2. The Morgan fingerprint density at radius 3 is 2.33 bits per heavy atom. The molecule has 0 unspecified atom stereocenters. The van der Waals surface area contributed by atoms with Gasteiger partial charge in [-0.05, 0) is 11.1 Å². The van der Waals surface area contributed by atoms with Gasteiger partial charge in [0, 0.05) is 12.3 Å². The van der Waals surface area contributed by atoms with E-state index in [0.717, 1.165) is 11.1 Å². The lowest BCUT2D eigenvalue weighted by Crippen LogP contribution is -2.58. The Morgan fingerprint density at radius 2 is 1.62 bits per heavy atom. The molecule has 2 aliphatic rings. The molecule has 0 bridgehead atoms. The zero-order valence-electron chi connectivity index (χ0n) is 13.2. The van der Waals surface area contributed by atoms with E-state index in [1.165, 1.54) is 0 Å². The lowest BCUT2D eigenvalue weighted by Gasteiger charge is -2.38. The summed E-state index contributed by atoms with van der Waals surface area (Å²) in [6.45, 7) is 0.657. The average molecular weight is 338 g/mol. The van der Waals surface area contributed by atoms with E-state index < -0.39 is 0 Å². The first-order chi connectivity index (χ1) is 11.7. The van der Waals surface area contributed by atoms with Crippen LogP contribution in [-0.4, -0.2) is 40.0 Å². The van der Waals surface area contributed by atoms with Crippen LogP contribution >= 0.6 is 11.8 Å². The van der Waals surface area contributed by atoms with Crippen LogP contribution in [0, 0.1) is 0 Å². The predicted molar refractivity (Wildman–Crippen MR) is 94.1 cm³/mol. The molecule has 0 radical (unpaired) electrons. The molecular formula is C19H18N2O2S. The molecule has 2 aromatic rings. The Morgan fingerprint density at radius 1 is 0.958 bits per heavy atom. The first-order valence-corrected chi connectivity index (χ1v) is 9.09. The van der Waals surface area contributed by atoms with Crippen LogP contribution in [0.5, 0.6) is 0 Å². The number of rotatable bonds is 3. The van der Waals surface area contributed by atoms with Crippen molar-refractivity contribution in [2.45, 2.75) is 18.0 Å². The summed E-state index contributed by atoms with van der Waals surface area (Å²) in [6.07, 6.45) is 0. The first kappa shape index (κ1) is 15.3. The highest BCUT2D eigenvalue weighted by molar-refractivity contribution is 7.99. The number of benzene rings is 2. The minimum Gasteiger partial charge on any atom is -0.327 e. The van der Waals surface area contributed by atoms with Gasteiger partial charge in [0.1, 0.15) is 18.0 Å². The van der Waals surface area contributed by atoms with E-state index in [1.807, 2.05) is 60.7 Å². The fraction of sp³-hybridized carbons (Fsp3) is 0.263. The molecule has 122 valence electrons. The molecule has 0 N–H and O–H groups in total. The summed E-state index contributed by atoms with van der Waals surface area (Å²) in [4.78, 5) is 29.0. The van der Waals surface area contributed by atoms with Crippen LogP contribution < -0.4 is 0 Å². The van der Waals surface area contributed by atoms with Gasteiger partial charge in [-0.3, -0.25) is 9.59 Å². The zero-order valence-corrected chi connectivity index (χ0v) is 14.0. The van der Waals surface area contributed by atoms with Crippen molar-refractivity contribution in [2.75, 3.05) is 12.3 Å². The van der Waals surface area contributed by atoms with Crippen molar-refractivity contribution in [2.24, 2.45) is 0 Å². The third kappa shape index (κ3) is 2.69. The smallest absolute Gasteiger partial charge is 0.247 e. The molecule has 2 heterocycles. The maximum atomic E-state index is 12.9. The van der Waals surface area contributed by atoms with Crippen molar-refractivity contribution >= 4 is 23.6 Å². The molecular weight excluding hydrogens is 320 g/mol. The molecule has 2 fully saturated rings. The van der Waals surface area contributed by atoms with Crippen LogP contribution in [0.3, 0.4) is 0 Å². The minimum atomic E-state index is -0.342. The van der Waals surface area contributed by atoms with Crippen molar-refractivity contribution in [1.29, 1.82) is 0 Å². The van der Waals surface area contributed by atoms with E-state index in [4.69, 9.17) is 0 Å². The van der Waals surface area contributed by atoms with Crippen LogP contribution in [0.15, 0.2) is 60.7 Å². The number of carbonyl (C=O) groups excluding carboxylic acids is 2. The van der Waals surface area contributed by atoms with Gasteiger partial charge < -0.3 is 9.80 Å². The summed E-state index contributed by atoms with van der Waals surface area (Å²) in [5, 5.41) is -0.0495. The largest absolute Gasteiger partial charge is 0.327 e. The van der Waals surface area contributed by atoms with Crippen LogP contribution in [-0.2, 0) is 16.1 Å². The fourth-order valence-corrected chi connectivity index (χ4v) is 4.79. The second-order valence-electron chi connectivity index (χ2n) is 6.09. The number of hydrogen-bond acceptors (Lipinski definition) is 3. The summed E-state index contributed by atoms with van der Waals surface area (Å²) in [5.41, 5.74) is 2.14. The predicted octanol–water partition coefficient (Wildman–Crippen LogP) is 2.67. The van der Waals surface area contributed by atoms with Crippen LogP contribution in [0.4, 0.5) is 0 Å². The lowest BCUT2D eigenvalue weighted by molar-refractivity contribution is -0.155. The van der Waals surface area contributed by atoms with Crippen LogP contribution in [0.2, 0.25) is 0 Å². The third-order valence-electron chi connectivity index (χ3n) is 4.51. The van der Waals surface area contributed by atoms with Gasteiger partial charge in [-0.15, -0.1) is 11.8 Å². The number of piperazine rings is 1. The Hall–Kier alpha value is -2.27. The van der Waals surface area contributed by atoms with E-state index >= 15 is 0 Å². The van der Waals surface area contributed by atoms with Crippen molar-refractivity contribution in [3.8, 4) is 0 Å². The Bertz CT molecular complexity index is 750. The highest BCUT2D eigenvalue weighted by Gasteiger charge is 2.47. The summed E-state index contributed by atoms with van der Waals surface area (Å²) >= 11 is 1.67. The molecule has 0 aliphatic carbocycles. The van der Waals surface area contributed by atoms with E-state index in [-0.39, 0.29) is 29.8 Å². The molecule has 4 rings (SSSR count). The zero-order chi connectivity index (χ0) is 16.5. The second-order valence-corrected chi connectivity index (χ2v) is 7.21. The number of nitrogens with zero attached hydrogens (tertiary/aromatic N) is 2. The number of fused-ring (bicyclic) bond motifs is 1. The monoisotopic (exact) mass is 338 g/mol. The van der Waals surface area contributed by atoms with Gasteiger partial charge in [0.2, 0.25) is 11.8 Å². The van der Waals surface area contributed by atoms with Gasteiger partial charge in [0.15, 0.2) is 0 Å². The summed E-state index contributed by atoms with van der Waals surface area (Å²) < 4.78 is 0. The highest BCUT2D eigenvalue weighted by Crippen LogP contribution is 2.43. The molecule has 0 aromatic heterocycles. The van der Waals surface area contributed by atoms with Crippen molar-refractivity contribution in [3.63, 3.8) is 0 Å². The van der Waals surface area contributed by atoms with E-state index in [9.17, 15) is 9.59 Å². The van der Waals surface area contributed by atoms with Crippen molar-refractivity contribution < 1.29 is 9.59 Å². The number of amides is 2. The SMILES string of the molecule is O=C1[C@H]2CS[C@@H](c3ccccc3)N2C(=O)CN1Cc1ccccc1. The van der Waals surface area contributed by atoms with Crippen molar-refractivity contribution in [1.82, 2.24) is 9.80 Å². The molecule has 2 saturated heterocycles. The molecule has 2 amide bonds. The van der Waals surface area contributed by atoms with Crippen LogP contribution in [0.25, 0.3) is 0 Å². The number of thioether (sulfide) groups is 1. The molecule has 4 nitrogen and oxygen atoms in total. The summed E-state index contributed by atoms with van der Waals surface area (Å²) in [7, 11) is 0. The third-order valence-corrected chi connectivity index (χ3v) is 5.84. The number of hydrogen-bond donors (Lipinski definition) is 0. The standard InChI is InChI=1S/C19H18N2O2S/c22-17-12-20(11-14-7-3-1-4-8-14)18(23)16-13-24-19(21(16)17)15-9-5-2-6-10-15/h1-10,16,19H,11-13H2/t16-,19+/m1/s1. The molecule has 0 spiro atoms. The maximum Gasteiger partial charge on any atom is 0.247 e. The Kier molecular flexibility index (Phi) is 4.02. The molecule has 2 aliphatic heterocycles. The van der Waals surface area contributed by atoms with E-state index in [2.05, 4.69) is 0 Å². The molecule has 2 aromatic carbocycles. The van der Waals surface area contributed by atoms with E-state index in [1.54, 1.807) is 21.6 Å². The van der Waals surface area contributed by atoms with Gasteiger partial charge in [0.05, 0.1) is 0 Å². The van der Waals surface area contributed by atoms with Gasteiger partial charge in [-0.2, -0.15) is 0 Å². The summed E-state index contributed by atoms with van der Waals surface area (Å²) in [6, 6.07) is 19.4. The number of carbonyl (C=O) groups is 2. The normalized spacial score (nSPS) is 23.5. The molecule has 2 atom stereocenters. The van der Waals surface area contributed by atoms with E-state index in [0.29, 0.717) is 12.3 Å². The Balaban J connectivity index is 1.55. The van der Waals surface area contributed by atoms with Gasteiger partial charge in [0.25, 0.3) is 0 Å². The second kappa shape index (κ2) is 6.32. The molecule has 0 saturated carbocycles. The lowest BCUT2D eigenvalue weighted by atomic mass is 10.1. The molecule has 5 heteroatoms. The van der Waals surface area contributed by atoms with Gasteiger partial charge in [-0.1, -0.05) is 60.7 Å². The summed E-state index contributed by atoms with van der Waals surface area (Å²) in [5.74, 6) is 0.758. The topological polar surface area (TPSA) is 40.6 Å². The molecule has 24 heavy (non-hydrogen) atoms. The Labute approximate surface area is 145 Å².